The second-order valence-electron chi connectivity index (χ2n) is 4.65. The minimum atomic E-state index is -0.433. The van der Waals surface area contributed by atoms with E-state index < -0.39 is 11.8 Å². The Kier molecular flexibility index (Phi) is 4.03. The monoisotopic (exact) mass is 330 g/mol. The molecule has 116 valence electrons. The van der Waals surface area contributed by atoms with E-state index in [1.165, 1.54) is 42.7 Å². The Bertz CT molecular complexity index is 890. The Balaban J connectivity index is 1.84. The second kappa shape index (κ2) is 6.13. The van der Waals surface area contributed by atoms with E-state index in [0.717, 1.165) is 4.70 Å². The van der Waals surface area contributed by atoms with Crippen molar-refractivity contribution < 1.29 is 18.7 Å². The first kappa shape index (κ1) is 15.1. The van der Waals surface area contributed by atoms with Gasteiger partial charge in [0.05, 0.1) is 22.9 Å². The van der Waals surface area contributed by atoms with Crippen molar-refractivity contribution in [1.29, 1.82) is 0 Å². The number of rotatable bonds is 3. The van der Waals surface area contributed by atoms with Crippen molar-refractivity contribution in [2.75, 3.05) is 12.4 Å². The molecule has 2 aromatic carbocycles. The number of methoxy groups -OCH3 is 1. The molecule has 0 radical (unpaired) electrons. The summed E-state index contributed by atoms with van der Waals surface area (Å²) in [4.78, 5) is 27.9. The Hall–Kier alpha value is -2.80. The Labute approximate surface area is 134 Å². The molecular formula is C16H11FN2O3S. The highest BCUT2D eigenvalue weighted by Crippen LogP contribution is 2.27. The van der Waals surface area contributed by atoms with Gasteiger partial charge in [-0.15, -0.1) is 0 Å². The molecule has 0 saturated carbocycles. The Morgan fingerprint density at radius 2 is 1.83 bits per heavy atom. The molecule has 1 aromatic heterocycles. The van der Waals surface area contributed by atoms with Gasteiger partial charge < -0.3 is 4.74 Å². The van der Waals surface area contributed by atoms with E-state index >= 15 is 0 Å². The number of fused-ring (bicyclic) bond motifs is 1. The van der Waals surface area contributed by atoms with Crippen molar-refractivity contribution >= 4 is 38.6 Å². The Morgan fingerprint density at radius 1 is 1.13 bits per heavy atom. The molecule has 0 spiro atoms. The number of esters is 1. The van der Waals surface area contributed by atoms with Crippen LogP contribution in [0.1, 0.15) is 20.7 Å². The molecule has 1 N–H and O–H groups in total. The number of anilines is 1. The van der Waals surface area contributed by atoms with Crippen molar-refractivity contribution in [2.24, 2.45) is 0 Å². The summed E-state index contributed by atoms with van der Waals surface area (Å²) in [6, 6.07) is 10.2. The molecular weight excluding hydrogens is 319 g/mol. The molecule has 0 unspecified atom stereocenters. The molecule has 0 saturated heterocycles. The Morgan fingerprint density at radius 3 is 2.52 bits per heavy atom. The van der Waals surface area contributed by atoms with E-state index in [2.05, 4.69) is 15.0 Å². The number of ether oxygens (including phenoxy) is 1. The van der Waals surface area contributed by atoms with Gasteiger partial charge >= 0.3 is 5.97 Å². The molecule has 0 aliphatic carbocycles. The van der Waals surface area contributed by atoms with E-state index in [0.29, 0.717) is 21.8 Å². The number of aromatic nitrogens is 1. The first-order valence-electron chi connectivity index (χ1n) is 6.62. The van der Waals surface area contributed by atoms with Crippen LogP contribution in [-0.4, -0.2) is 24.0 Å². The van der Waals surface area contributed by atoms with Crippen LogP contribution in [0, 0.1) is 5.82 Å². The van der Waals surface area contributed by atoms with Crippen molar-refractivity contribution in [3.8, 4) is 0 Å². The van der Waals surface area contributed by atoms with Gasteiger partial charge in [0.1, 0.15) is 5.82 Å². The van der Waals surface area contributed by atoms with Gasteiger partial charge in [-0.3, -0.25) is 10.1 Å². The largest absolute Gasteiger partial charge is 0.465 e. The number of hydrogen-bond donors (Lipinski definition) is 1. The molecule has 23 heavy (non-hydrogen) atoms. The lowest BCUT2D eigenvalue weighted by atomic mass is 10.2. The highest BCUT2D eigenvalue weighted by Gasteiger charge is 2.12. The van der Waals surface area contributed by atoms with Gasteiger partial charge in [0.25, 0.3) is 5.91 Å². The molecule has 1 heterocycles. The first-order chi connectivity index (χ1) is 11.1. The highest BCUT2D eigenvalue weighted by atomic mass is 32.1. The molecule has 0 bridgehead atoms. The number of hydrogen-bond acceptors (Lipinski definition) is 5. The SMILES string of the molecule is COC(=O)c1ccc2nc(NC(=O)c3ccc(F)cc3)sc2c1. The number of thiazole rings is 1. The quantitative estimate of drug-likeness (QED) is 0.747. The molecule has 3 rings (SSSR count). The van der Waals surface area contributed by atoms with Crippen molar-refractivity contribution in [3.63, 3.8) is 0 Å². The normalized spacial score (nSPS) is 10.5. The third-order valence-electron chi connectivity index (χ3n) is 3.14. The van der Waals surface area contributed by atoms with Gasteiger partial charge in [-0.25, -0.2) is 14.2 Å². The lowest BCUT2D eigenvalue weighted by Gasteiger charge is -2.00. The smallest absolute Gasteiger partial charge is 0.337 e. The van der Waals surface area contributed by atoms with E-state index in [9.17, 15) is 14.0 Å². The van der Waals surface area contributed by atoms with Gasteiger partial charge in [0.2, 0.25) is 0 Å². The van der Waals surface area contributed by atoms with Crippen LogP contribution in [0.4, 0.5) is 9.52 Å². The highest BCUT2D eigenvalue weighted by molar-refractivity contribution is 7.22. The summed E-state index contributed by atoms with van der Waals surface area (Å²) in [5.74, 6) is -1.22. The molecule has 0 aliphatic heterocycles. The van der Waals surface area contributed by atoms with Crippen LogP contribution < -0.4 is 5.32 Å². The van der Waals surface area contributed by atoms with E-state index in [1.807, 2.05) is 0 Å². The zero-order valence-electron chi connectivity index (χ0n) is 12.0. The average Bonchev–Trinajstić information content (AvgIpc) is 2.95. The maximum atomic E-state index is 12.9. The minimum Gasteiger partial charge on any atom is -0.465 e. The molecule has 0 fully saturated rings. The summed E-state index contributed by atoms with van der Waals surface area (Å²) in [6.07, 6.45) is 0. The summed E-state index contributed by atoms with van der Waals surface area (Å²) >= 11 is 1.24. The topological polar surface area (TPSA) is 68.3 Å². The van der Waals surface area contributed by atoms with Gasteiger partial charge in [-0.1, -0.05) is 11.3 Å². The van der Waals surface area contributed by atoms with Crippen molar-refractivity contribution in [1.82, 2.24) is 4.98 Å². The fourth-order valence-corrected chi connectivity index (χ4v) is 2.89. The zero-order chi connectivity index (χ0) is 16.4. The molecule has 5 nitrogen and oxygen atoms in total. The van der Waals surface area contributed by atoms with Crippen LogP contribution in [0.25, 0.3) is 10.2 Å². The maximum absolute atomic E-state index is 12.9. The van der Waals surface area contributed by atoms with Crippen LogP contribution in [0.2, 0.25) is 0 Å². The van der Waals surface area contributed by atoms with Crippen LogP contribution in [0.15, 0.2) is 42.5 Å². The number of benzene rings is 2. The standard InChI is InChI=1S/C16H11FN2O3S/c1-22-15(21)10-4-7-12-13(8-10)23-16(18-12)19-14(20)9-2-5-11(17)6-3-9/h2-8H,1H3,(H,18,19,20). The number of carbonyl (C=O) groups is 2. The third-order valence-corrected chi connectivity index (χ3v) is 4.07. The predicted octanol–water partition coefficient (Wildman–Crippen LogP) is 3.47. The van der Waals surface area contributed by atoms with Crippen molar-refractivity contribution in [3.05, 3.63) is 59.4 Å². The van der Waals surface area contributed by atoms with Gasteiger partial charge in [-0.05, 0) is 42.5 Å². The van der Waals surface area contributed by atoms with Gasteiger partial charge in [-0.2, -0.15) is 0 Å². The van der Waals surface area contributed by atoms with Crippen molar-refractivity contribution in [2.45, 2.75) is 0 Å². The number of carbonyl (C=O) groups excluding carboxylic acids is 2. The predicted molar refractivity (Wildman–Crippen MR) is 85.3 cm³/mol. The van der Waals surface area contributed by atoms with Crippen LogP contribution in [-0.2, 0) is 4.74 Å². The number of nitrogens with one attached hydrogen (secondary N) is 1. The van der Waals surface area contributed by atoms with E-state index in [-0.39, 0.29) is 5.91 Å². The summed E-state index contributed by atoms with van der Waals surface area (Å²) in [7, 11) is 1.31. The maximum Gasteiger partial charge on any atom is 0.337 e. The molecule has 0 atom stereocenters. The fourth-order valence-electron chi connectivity index (χ4n) is 1.99. The van der Waals surface area contributed by atoms with E-state index in [4.69, 9.17) is 0 Å². The number of nitrogens with zero attached hydrogens (tertiary/aromatic N) is 1. The summed E-state index contributed by atoms with van der Waals surface area (Å²) < 4.78 is 18.3. The lowest BCUT2D eigenvalue weighted by molar-refractivity contribution is 0.0601. The van der Waals surface area contributed by atoms with E-state index in [1.54, 1.807) is 18.2 Å². The zero-order valence-corrected chi connectivity index (χ0v) is 12.8. The molecule has 1 amide bonds. The van der Waals surface area contributed by atoms with Gasteiger partial charge in [0, 0.05) is 5.56 Å². The lowest BCUT2D eigenvalue weighted by Crippen LogP contribution is -2.11. The summed E-state index contributed by atoms with van der Waals surface area (Å²) in [6.45, 7) is 0. The van der Waals surface area contributed by atoms with Crippen LogP contribution in [0.5, 0.6) is 0 Å². The minimum absolute atomic E-state index is 0.334. The van der Waals surface area contributed by atoms with Crippen LogP contribution >= 0.6 is 11.3 Å². The van der Waals surface area contributed by atoms with Crippen LogP contribution in [0.3, 0.4) is 0 Å². The fraction of sp³-hybridized carbons (Fsp3) is 0.0625. The first-order valence-corrected chi connectivity index (χ1v) is 7.44. The molecule has 0 aliphatic rings. The average molecular weight is 330 g/mol. The molecule has 7 heteroatoms. The second-order valence-corrected chi connectivity index (χ2v) is 5.68. The van der Waals surface area contributed by atoms with Gasteiger partial charge in [0.15, 0.2) is 5.13 Å². The summed E-state index contributed by atoms with van der Waals surface area (Å²) in [5, 5.41) is 3.06. The summed E-state index contributed by atoms with van der Waals surface area (Å²) in [5.41, 5.74) is 1.41. The number of amides is 1. The third kappa shape index (κ3) is 3.19. The number of halogens is 1. The molecule has 3 aromatic rings.